The quantitative estimate of drug-likeness (QED) is 0.925. The van der Waals surface area contributed by atoms with Crippen molar-refractivity contribution in [2.75, 3.05) is 0 Å². The minimum Gasteiger partial charge on any atom is -0.475 e. The van der Waals surface area contributed by atoms with Crippen molar-refractivity contribution in [3.63, 3.8) is 0 Å². The number of carbonyl (C=O) groups is 1. The summed E-state index contributed by atoms with van der Waals surface area (Å²) in [5, 5.41) is 18.4. The number of aromatic carboxylic acids is 1. The molecule has 19 heavy (non-hydrogen) atoms. The lowest BCUT2D eigenvalue weighted by atomic mass is 10.2. The molecular weight excluding hydrogens is 264 g/mol. The summed E-state index contributed by atoms with van der Waals surface area (Å²) in [5.74, 6) is -1.24. The lowest BCUT2D eigenvalue weighted by molar-refractivity contribution is 0.0656. The Hall–Kier alpha value is -2.26. The van der Waals surface area contributed by atoms with Gasteiger partial charge in [0.05, 0.1) is 11.3 Å². The maximum atomic E-state index is 10.7. The highest BCUT2D eigenvalue weighted by atomic mass is 32.2. The number of nitrogens with zero attached hydrogens (tertiary/aromatic N) is 2. The van der Waals surface area contributed by atoms with Crippen molar-refractivity contribution in [2.45, 2.75) is 23.8 Å². The molecule has 96 valence electrons. The average molecular weight is 274 g/mol. The molecule has 0 fully saturated rings. The van der Waals surface area contributed by atoms with E-state index in [0.29, 0.717) is 21.2 Å². The summed E-state index contributed by atoms with van der Waals surface area (Å²) < 4.78 is 5.16. The smallest absolute Gasteiger partial charge is 0.371 e. The molecule has 0 aliphatic heterocycles. The van der Waals surface area contributed by atoms with Gasteiger partial charge in [-0.15, -0.1) is 0 Å². The standard InChI is InChI=1S/C13H10N2O3S/c1-7-5-11(9(6-14)8(2)15-7)19-12-4-3-10(18-12)13(16)17/h3-5H,1-2H3,(H,16,17). The van der Waals surface area contributed by atoms with E-state index in [9.17, 15) is 4.79 Å². The van der Waals surface area contributed by atoms with Gasteiger partial charge < -0.3 is 9.52 Å². The molecule has 0 aliphatic carbocycles. The van der Waals surface area contributed by atoms with Gasteiger partial charge in [-0.1, -0.05) is 11.8 Å². The summed E-state index contributed by atoms with van der Waals surface area (Å²) in [5.41, 5.74) is 1.92. The largest absolute Gasteiger partial charge is 0.475 e. The van der Waals surface area contributed by atoms with Crippen molar-refractivity contribution in [2.24, 2.45) is 0 Å². The number of carboxylic acid groups (broad SMARTS) is 1. The van der Waals surface area contributed by atoms with Crippen LogP contribution in [0.5, 0.6) is 0 Å². The van der Waals surface area contributed by atoms with Gasteiger partial charge in [-0.25, -0.2) is 4.79 Å². The molecule has 2 aromatic heterocycles. The van der Waals surface area contributed by atoms with Crippen molar-refractivity contribution in [1.29, 1.82) is 5.26 Å². The normalized spacial score (nSPS) is 10.2. The Bertz CT molecular complexity index is 686. The zero-order chi connectivity index (χ0) is 14.0. The first kappa shape index (κ1) is 13.2. The van der Waals surface area contributed by atoms with Crippen molar-refractivity contribution in [3.05, 3.63) is 40.9 Å². The molecule has 1 N–H and O–H groups in total. The average Bonchev–Trinajstić information content (AvgIpc) is 2.77. The SMILES string of the molecule is Cc1cc(Sc2ccc(C(=O)O)o2)c(C#N)c(C)n1. The van der Waals surface area contributed by atoms with Crippen LogP contribution in [-0.4, -0.2) is 16.1 Å². The van der Waals surface area contributed by atoms with Crippen LogP contribution in [0.1, 0.15) is 27.5 Å². The maximum absolute atomic E-state index is 10.7. The molecular formula is C13H10N2O3S. The molecule has 0 radical (unpaired) electrons. The molecule has 0 saturated heterocycles. The first-order valence-corrected chi connectivity index (χ1v) is 6.22. The second kappa shape index (κ2) is 5.16. The Labute approximate surface area is 113 Å². The molecule has 0 saturated carbocycles. The number of carboxylic acids is 1. The topological polar surface area (TPSA) is 87.1 Å². The number of aromatic nitrogens is 1. The second-order valence-electron chi connectivity index (χ2n) is 3.86. The van der Waals surface area contributed by atoms with E-state index < -0.39 is 5.97 Å². The number of furan rings is 1. The molecule has 0 amide bonds. The Balaban J connectivity index is 2.37. The van der Waals surface area contributed by atoms with Crippen LogP contribution in [0.25, 0.3) is 0 Å². The molecule has 2 rings (SSSR count). The van der Waals surface area contributed by atoms with Gasteiger partial charge in [0.25, 0.3) is 0 Å². The number of aryl methyl sites for hydroxylation is 2. The first-order valence-electron chi connectivity index (χ1n) is 5.40. The lowest BCUT2D eigenvalue weighted by Crippen LogP contribution is -1.94. The van der Waals surface area contributed by atoms with Crippen LogP contribution in [0.4, 0.5) is 0 Å². The van der Waals surface area contributed by atoms with Gasteiger partial charge in [0.15, 0.2) is 5.09 Å². The van der Waals surface area contributed by atoms with Crippen LogP contribution in [0.15, 0.2) is 32.6 Å². The summed E-state index contributed by atoms with van der Waals surface area (Å²) in [6.07, 6.45) is 0. The number of hydrogen-bond acceptors (Lipinski definition) is 5. The van der Waals surface area contributed by atoms with E-state index in [4.69, 9.17) is 14.8 Å². The summed E-state index contributed by atoms with van der Waals surface area (Å²) in [7, 11) is 0. The van der Waals surface area contributed by atoms with E-state index in [0.717, 1.165) is 5.69 Å². The Kier molecular flexibility index (Phi) is 3.58. The maximum Gasteiger partial charge on any atom is 0.371 e. The first-order chi connectivity index (χ1) is 9.01. The zero-order valence-corrected chi connectivity index (χ0v) is 11.1. The second-order valence-corrected chi connectivity index (χ2v) is 4.91. The fraction of sp³-hybridized carbons (Fsp3) is 0.154. The fourth-order valence-electron chi connectivity index (χ4n) is 1.61. The molecule has 0 atom stereocenters. The summed E-state index contributed by atoms with van der Waals surface area (Å²) >= 11 is 1.21. The molecule has 0 unspecified atom stereocenters. The summed E-state index contributed by atoms with van der Waals surface area (Å²) in [6, 6.07) is 6.83. The highest BCUT2D eigenvalue weighted by Crippen LogP contribution is 2.32. The third-order valence-corrected chi connectivity index (χ3v) is 3.37. The van der Waals surface area contributed by atoms with E-state index in [1.807, 2.05) is 6.92 Å². The molecule has 2 aromatic rings. The van der Waals surface area contributed by atoms with Gasteiger partial charge in [-0.2, -0.15) is 5.26 Å². The van der Waals surface area contributed by atoms with Crippen LogP contribution in [0.2, 0.25) is 0 Å². The Morgan fingerprint density at radius 1 is 1.47 bits per heavy atom. The van der Waals surface area contributed by atoms with E-state index in [-0.39, 0.29) is 5.76 Å². The van der Waals surface area contributed by atoms with Crippen LogP contribution in [-0.2, 0) is 0 Å². The van der Waals surface area contributed by atoms with Crippen molar-refractivity contribution >= 4 is 17.7 Å². The molecule has 6 heteroatoms. The van der Waals surface area contributed by atoms with Crippen LogP contribution in [0, 0.1) is 25.2 Å². The van der Waals surface area contributed by atoms with Crippen molar-refractivity contribution < 1.29 is 14.3 Å². The van der Waals surface area contributed by atoms with E-state index in [1.165, 1.54) is 17.8 Å². The third kappa shape index (κ3) is 2.77. The molecule has 0 spiro atoms. The molecule has 0 bridgehead atoms. The highest BCUT2D eigenvalue weighted by Gasteiger charge is 2.14. The van der Waals surface area contributed by atoms with Crippen LogP contribution < -0.4 is 0 Å². The zero-order valence-electron chi connectivity index (χ0n) is 10.3. The fourth-order valence-corrected chi connectivity index (χ4v) is 2.62. The van der Waals surface area contributed by atoms with Gasteiger partial charge in [-0.05, 0) is 32.0 Å². The Morgan fingerprint density at radius 2 is 2.21 bits per heavy atom. The monoisotopic (exact) mass is 274 g/mol. The van der Waals surface area contributed by atoms with Gasteiger partial charge >= 0.3 is 5.97 Å². The van der Waals surface area contributed by atoms with E-state index in [1.54, 1.807) is 19.1 Å². The predicted octanol–water partition coefficient (Wildman–Crippen LogP) is 3.01. The highest BCUT2D eigenvalue weighted by molar-refractivity contribution is 7.99. The molecule has 0 aromatic carbocycles. The number of rotatable bonds is 3. The van der Waals surface area contributed by atoms with E-state index in [2.05, 4.69) is 11.1 Å². The van der Waals surface area contributed by atoms with Crippen LogP contribution in [0.3, 0.4) is 0 Å². The predicted molar refractivity (Wildman–Crippen MR) is 68.2 cm³/mol. The van der Waals surface area contributed by atoms with Crippen LogP contribution >= 0.6 is 11.8 Å². The lowest BCUT2D eigenvalue weighted by Gasteiger charge is -2.05. The molecule has 5 nitrogen and oxygen atoms in total. The van der Waals surface area contributed by atoms with E-state index >= 15 is 0 Å². The summed E-state index contributed by atoms with van der Waals surface area (Å²) in [6.45, 7) is 3.60. The van der Waals surface area contributed by atoms with Crippen molar-refractivity contribution in [1.82, 2.24) is 4.98 Å². The van der Waals surface area contributed by atoms with Gasteiger partial charge in [0.1, 0.15) is 6.07 Å². The van der Waals surface area contributed by atoms with Gasteiger partial charge in [0, 0.05) is 10.6 Å². The summed E-state index contributed by atoms with van der Waals surface area (Å²) in [4.78, 5) is 15.7. The number of hydrogen-bond donors (Lipinski definition) is 1. The number of nitriles is 1. The Morgan fingerprint density at radius 3 is 2.79 bits per heavy atom. The number of pyridine rings is 1. The minimum atomic E-state index is -1.12. The molecule has 0 aliphatic rings. The minimum absolute atomic E-state index is 0.122. The molecule has 2 heterocycles. The van der Waals surface area contributed by atoms with Crippen molar-refractivity contribution in [3.8, 4) is 6.07 Å². The van der Waals surface area contributed by atoms with Gasteiger partial charge in [0.2, 0.25) is 5.76 Å². The third-order valence-electron chi connectivity index (χ3n) is 2.41. The van der Waals surface area contributed by atoms with Gasteiger partial charge in [-0.3, -0.25) is 4.98 Å².